The van der Waals surface area contributed by atoms with Crippen molar-refractivity contribution in [3.8, 4) is 0 Å². The predicted octanol–water partition coefficient (Wildman–Crippen LogP) is 4.70. The van der Waals surface area contributed by atoms with Crippen LogP contribution in [0, 0.1) is 0 Å². The summed E-state index contributed by atoms with van der Waals surface area (Å²) in [6.45, 7) is 10.5. The molecule has 2 rings (SSSR count). The van der Waals surface area contributed by atoms with Gasteiger partial charge in [0.1, 0.15) is 11.3 Å². The molecule has 0 unspecified atom stereocenters. The minimum Gasteiger partial charge on any atom is -0.457 e. The van der Waals surface area contributed by atoms with Gasteiger partial charge in [-0.05, 0) is 52.0 Å². The molecule has 0 amide bonds. The van der Waals surface area contributed by atoms with Crippen LogP contribution in [0.4, 0.5) is 5.69 Å². The smallest absolute Gasteiger partial charge is 0.136 e. The van der Waals surface area contributed by atoms with Crippen molar-refractivity contribution >= 4 is 22.7 Å². The maximum absolute atomic E-state index is 5.86. The van der Waals surface area contributed by atoms with Gasteiger partial charge in [-0.2, -0.15) is 0 Å². The molecular formula is C16H21NO. The highest BCUT2D eigenvalue weighted by molar-refractivity contribution is 5.83. The van der Waals surface area contributed by atoms with Crippen LogP contribution in [-0.4, -0.2) is 13.1 Å². The average molecular weight is 243 g/mol. The fourth-order valence-electron chi connectivity index (χ4n) is 2.18. The van der Waals surface area contributed by atoms with Gasteiger partial charge in [0.05, 0.1) is 0 Å². The fourth-order valence-corrected chi connectivity index (χ4v) is 2.18. The van der Waals surface area contributed by atoms with Crippen molar-refractivity contribution in [2.24, 2.45) is 0 Å². The maximum atomic E-state index is 5.86. The molecule has 0 aliphatic carbocycles. The van der Waals surface area contributed by atoms with Gasteiger partial charge in [0.15, 0.2) is 0 Å². The van der Waals surface area contributed by atoms with E-state index in [0.717, 1.165) is 24.4 Å². The minimum atomic E-state index is 0.932. The number of nitrogens with zero attached hydrogens (tertiary/aromatic N) is 1. The van der Waals surface area contributed by atoms with Crippen LogP contribution in [0.3, 0.4) is 0 Å². The van der Waals surface area contributed by atoms with Gasteiger partial charge in [-0.25, -0.2) is 0 Å². The molecule has 1 aromatic carbocycles. The molecule has 0 radical (unpaired) electrons. The number of hydrogen-bond acceptors (Lipinski definition) is 2. The summed E-state index contributed by atoms with van der Waals surface area (Å²) in [5.41, 5.74) is 3.44. The third-order valence-electron chi connectivity index (χ3n) is 3.08. The number of anilines is 1. The molecule has 1 aromatic heterocycles. The van der Waals surface area contributed by atoms with Crippen LogP contribution in [0.2, 0.25) is 0 Å². The molecule has 0 bridgehead atoms. The predicted molar refractivity (Wildman–Crippen MR) is 79.1 cm³/mol. The van der Waals surface area contributed by atoms with Crippen LogP contribution < -0.4 is 4.90 Å². The fraction of sp³-hybridized carbons (Fsp3) is 0.375. The van der Waals surface area contributed by atoms with Crippen LogP contribution in [0.25, 0.3) is 17.0 Å². The SMILES string of the molecule is CCN(CC)c1ccc2cc(C=C(C)C)oc2c1. The highest BCUT2D eigenvalue weighted by atomic mass is 16.3. The van der Waals surface area contributed by atoms with Gasteiger partial charge in [0.25, 0.3) is 0 Å². The standard InChI is InChI=1S/C16H21NO/c1-5-17(6-2)14-8-7-13-10-15(9-12(3)4)18-16(13)11-14/h7-11H,5-6H2,1-4H3. The van der Waals surface area contributed by atoms with Crippen molar-refractivity contribution in [1.82, 2.24) is 0 Å². The zero-order valence-corrected chi connectivity index (χ0v) is 11.7. The highest BCUT2D eigenvalue weighted by Crippen LogP contribution is 2.26. The molecule has 0 fully saturated rings. The molecule has 18 heavy (non-hydrogen) atoms. The number of furan rings is 1. The molecule has 2 aromatic rings. The van der Waals surface area contributed by atoms with E-state index in [-0.39, 0.29) is 0 Å². The van der Waals surface area contributed by atoms with Gasteiger partial charge >= 0.3 is 0 Å². The summed E-state index contributed by atoms with van der Waals surface area (Å²) in [4.78, 5) is 2.32. The van der Waals surface area contributed by atoms with E-state index < -0.39 is 0 Å². The third kappa shape index (κ3) is 2.58. The third-order valence-corrected chi connectivity index (χ3v) is 3.08. The van der Waals surface area contributed by atoms with E-state index >= 15 is 0 Å². The number of allylic oxidation sites excluding steroid dienone is 1. The Bertz CT molecular complexity index is 557. The first-order chi connectivity index (χ1) is 8.63. The van der Waals surface area contributed by atoms with Crippen LogP contribution in [0.1, 0.15) is 33.5 Å². The second-order valence-corrected chi connectivity index (χ2v) is 4.76. The van der Waals surface area contributed by atoms with E-state index in [1.54, 1.807) is 0 Å². The topological polar surface area (TPSA) is 16.4 Å². The Morgan fingerprint density at radius 1 is 1.17 bits per heavy atom. The zero-order chi connectivity index (χ0) is 13.1. The lowest BCUT2D eigenvalue weighted by atomic mass is 10.2. The van der Waals surface area contributed by atoms with E-state index in [4.69, 9.17) is 4.42 Å². The van der Waals surface area contributed by atoms with Crippen LogP contribution in [0.15, 0.2) is 34.3 Å². The summed E-state index contributed by atoms with van der Waals surface area (Å²) >= 11 is 0. The van der Waals surface area contributed by atoms with Gasteiger partial charge in [-0.1, -0.05) is 5.57 Å². The zero-order valence-electron chi connectivity index (χ0n) is 11.7. The number of fused-ring (bicyclic) bond motifs is 1. The molecule has 0 N–H and O–H groups in total. The van der Waals surface area contributed by atoms with E-state index in [0.29, 0.717) is 0 Å². The van der Waals surface area contributed by atoms with Gasteiger partial charge in [-0.3, -0.25) is 0 Å². The first-order valence-electron chi connectivity index (χ1n) is 6.57. The summed E-state index contributed by atoms with van der Waals surface area (Å²) in [5, 5.41) is 1.17. The van der Waals surface area contributed by atoms with Crippen molar-refractivity contribution in [3.05, 3.63) is 35.6 Å². The first kappa shape index (κ1) is 12.7. The van der Waals surface area contributed by atoms with Crippen molar-refractivity contribution in [3.63, 3.8) is 0 Å². The Kier molecular flexibility index (Phi) is 3.75. The molecule has 2 nitrogen and oxygen atoms in total. The summed E-state index contributed by atoms with van der Waals surface area (Å²) in [5.74, 6) is 0.932. The lowest BCUT2D eigenvalue weighted by Gasteiger charge is -2.20. The van der Waals surface area contributed by atoms with Gasteiger partial charge in [-0.15, -0.1) is 0 Å². The summed E-state index contributed by atoms with van der Waals surface area (Å²) in [6.07, 6.45) is 2.07. The molecule has 0 aliphatic rings. The lowest BCUT2D eigenvalue weighted by molar-refractivity contribution is 0.603. The molecule has 0 saturated carbocycles. The minimum absolute atomic E-state index is 0.932. The molecule has 0 saturated heterocycles. The van der Waals surface area contributed by atoms with Crippen LogP contribution in [-0.2, 0) is 0 Å². The number of hydrogen-bond donors (Lipinski definition) is 0. The average Bonchev–Trinajstić information content (AvgIpc) is 2.71. The molecule has 96 valence electrons. The Labute approximate surface area is 109 Å². The molecule has 2 heteroatoms. The Hall–Kier alpha value is -1.70. The first-order valence-corrected chi connectivity index (χ1v) is 6.57. The monoisotopic (exact) mass is 243 g/mol. The van der Waals surface area contributed by atoms with Crippen molar-refractivity contribution in [1.29, 1.82) is 0 Å². The molecular weight excluding hydrogens is 222 g/mol. The number of benzene rings is 1. The molecule has 0 aliphatic heterocycles. The van der Waals surface area contributed by atoms with Gasteiger partial charge in [0, 0.05) is 30.2 Å². The molecule has 0 atom stereocenters. The van der Waals surface area contributed by atoms with Crippen molar-refractivity contribution < 1.29 is 4.42 Å². The van der Waals surface area contributed by atoms with Crippen LogP contribution in [0.5, 0.6) is 0 Å². The van der Waals surface area contributed by atoms with Crippen molar-refractivity contribution in [2.45, 2.75) is 27.7 Å². The van der Waals surface area contributed by atoms with Crippen LogP contribution >= 0.6 is 0 Å². The summed E-state index contributed by atoms with van der Waals surface area (Å²) in [6, 6.07) is 8.52. The summed E-state index contributed by atoms with van der Waals surface area (Å²) < 4.78 is 5.86. The lowest BCUT2D eigenvalue weighted by Crippen LogP contribution is -2.21. The molecule has 1 heterocycles. The van der Waals surface area contributed by atoms with E-state index in [1.165, 1.54) is 16.6 Å². The Morgan fingerprint density at radius 3 is 2.50 bits per heavy atom. The van der Waals surface area contributed by atoms with E-state index in [1.807, 2.05) is 0 Å². The largest absolute Gasteiger partial charge is 0.457 e. The maximum Gasteiger partial charge on any atom is 0.136 e. The second-order valence-electron chi connectivity index (χ2n) is 4.76. The van der Waals surface area contributed by atoms with E-state index in [9.17, 15) is 0 Å². The number of rotatable bonds is 4. The summed E-state index contributed by atoms with van der Waals surface area (Å²) in [7, 11) is 0. The van der Waals surface area contributed by atoms with E-state index in [2.05, 4.69) is 62.9 Å². The second kappa shape index (κ2) is 5.30. The van der Waals surface area contributed by atoms with Gasteiger partial charge in [0.2, 0.25) is 0 Å². The Morgan fingerprint density at radius 2 is 1.89 bits per heavy atom. The Balaban J connectivity index is 2.42. The quantitative estimate of drug-likeness (QED) is 0.773. The molecule has 0 spiro atoms. The van der Waals surface area contributed by atoms with Gasteiger partial charge < -0.3 is 9.32 Å². The van der Waals surface area contributed by atoms with Crippen molar-refractivity contribution in [2.75, 3.05) is 18.0 Å². The highest BCUT2D eigenvalue weighted by Gasteiger charge is 2.06. The normalized spacial score (nSPS) is 10.7.